The molecule has 0 amide bonds. The van der Waals surface area contributed by atoms with Gasteiger partial charge in [-0.05, 0) is 28.3 Å². The van der Waals surface area contributed by atoms with E-state index in [9.17, 15) is 0 Å². The van der Waals surface area contributed by atoms with Gasteiger partial charge >= 0.3 is 0 Å². The molecule has 17 heavy (non-hydrogen) atoms. The lowest BCUT2D eigenvalue weighted by atomic mass is 9.93. The maximum atomic E-state index is 5.62. The minimum Gasteiger partial charge on any atom is -0.242 e. The van der Waals surface area contributed by atoms with Crippen LogP contribution in [0.1, 0.15) is 18.6 Å². The molecule has 0 spiro atoms. The molecule has 2 N–H and O–H groups in total. The van der Waals surface area contributed by atoms with Gasteiger partial charge in [-0.1, -0.05) is 56.0 Å². The molecule has 2 aromatic rings. The second-order valence-electron chi connectivity index (χ2n) is 3.59. The van der Waals surface area contributed by atoms with E-state index < -0.39 is 0 Å². The Hall–Kier alpha value is -2.18. The van der Waals surface area contributed by atoms with Crippen molar-refractivity contribution in [3.8, 4) is 0 Å². The highest BCUT2D eigenvalue weighted by molar-refractivity contribution is 5.94. The molecule has 86 valence electrons. The zero-order valence-corrected chi connectivity index (χ0v) is 8.83. The highest BCUT2D eigenvalue weighted by Gasteiger charge is 2.06. The van der Waals surface area contributed by atoms with Gasteiger partial charge in [0.05, 0.1) is 6.01 Å². The van der Waals surface area contributed by atoms with E-state index >= 15 is 0 Å². The lowest BCUT2D eigenvalue weighted by Crippen LogP contribution is -1.91. The molecule has 0 saturated heterocycles. The Bertz CT molecular complexity index is 571. The van der Waals surface area contributed by atoms with Crippen LogP contribution < -0.4 is 0 Å². The maximum Gasteiger partial charge on any atom is 0.0831 e. The summed E-state index contributed by atoms with van der Waals surface area (Å²) in [5.41, 5.74) is 2.81. The van der Waals surface area contributed by atoms with Crippen LogP contribution in [0.2, 0.25) is 0 Å². The maximum absolute atomic E-state index is 5.62. The van der Waals surface area contributed by atoms with Crippen molar-refractivity contribution in [2.24, 2.45) is 0 Å². The van der Waals surface area contributed by atoms with Crippen LogP contribution in [-0.2, 0) is 6.42 Å². The molecule has 0 saturated carbocycles. The SMILES string of the molecule is C.C1=Cc2cccc3cccc(c23)C1.N=C=N. The van der Waals surface area contributed by atoms with E-state index in [0.29, 0.717) is 0 Å². The largest absolute Gasteiger partial charge is 0.242 e. The Morgan fingerprint density at radius 2 is 1.65 bits per heavy atom. The van der Waals surface area contributed by atoms with Crippen molar-refractivity contribution in [3.05, 3.63) is 53.6 Å². The Morgan fingerprint density at radius 3 is 2.35 bits per heavy atom. The highest BCUT2D eigenvalue weighted by atomic mass is 14.4. The highest BCUT2D eigenvalue weighted by Crippen LogP contribution is 2.27. The summed E-state index contributed by atoms with van der Waals surface area (Å²) in [7, 11) is 0. The molecule has 0 heterocycles. The summed E-state index contributed by atoms with van der Waals surface area (Å²) < 4.78 is 0. The molecular weight excluding hydrogens is 208 g/mol. The lowest BCUT2D eigenvalue weighted by Gasteiger charge is -2.11. The predicted molar refractivity (Wildman–Crippen MR) is 73.9 cm³/mol. The van der Waals surface area contributed by atoms with Gasteiger partial charge in [-0.3, -0.25) is 0 Å². The van der Waals surface area contributed by atoms with Gasteiger partial charge in [-0.15, -0.1) is 0 Å². The first-order chi connectivity index (χ1) is 7.86. The van der Waals surface area contributed by atoms with Crippen molar-refractivity contribution in [1.82, 2.24) is 0 Å². The van der Waals surface area contributed by atoms with Gasteiger partial charge in [0, 0.05) is 0 Å². The molecule has 0 atom stereocenters. The van der Waals surface area contributed by atoms with Crippen LogP contribution in [0.4, 0.5) is 0 Å². The normalized spacial score (nSPS) is 10.8. The van der Waals surface area contributed by atoms with Crippen molar-refractivity contribution >= 4 is 22.9 Å². The summed E-state index contributed by atoms with van der Waals surface area (Å²) >= 11 is 0. The van der Waals surface area contributed by atoms with E-state index in [1.54, 1.807) is 0 Å². The molecule has 3 rings (SSSR count). The summed E-state index contributed by atoms with van der Waals surface area (Å²) in [6.45, 7) is 0. The first kappa shape index (κ1) is 12.9. The summed E-state index contributed by atoms with van der Waals surface area (Å²) in [6.07, 6.45) is 5.53. The number of allylic oxidation sites excluding steroid dienone is 1. The molecule has 0 unspecified atom stereocenters. The van der Waals surface area contributed by atoms with E-state index in [2.05, 4.69) is 48.6 Å². The third-order valence-electron chi connectivity index (χ3n) is 2.66. The van der Waals surface area contributed by atoms with E-state index in [4.69, 9.17) is 10.8 Å². The lowest BCUT2D eigenvalue weighted by molar-refractivity contribution is 1.29. The summed E-state index contributed by atoms with van der Waals surface area (Å²) in [5.74, 6) is 0. The molecule has 1 aliphatic carbocycles. The Morgan fingerprint density at radius 1 is 1.00 bits per heavy atom. The Kier molecular flexibility index (Phi) is 4.38. The van der Waals surface area contributed by atoms with Gasteiger partial charge in [0.15, 0.2) is 0 Å². The topological polar surface area (TPSA) is 47.7 Å². The third-order valence-corrected chi connectivity index (χ3v) is 2.66. The van der Waals surface area contributed by atoms with Crippen molar-refractivity contribution in [2.75, 3.05) is 0 Å². The standard InChI is InChI=1S/C13H10.CH2N2.CH4/c1-4-10-6-2-8-12-9-3-7-11(5-1)13(10)12;2-1-3;/h1-8H,9H2;2-3H;1H4. The fraction of sp³-hybridized carbons (Fsp3) is 0.133. The molecule has 2 heteroatoms. The van der Waals surface area contributed by atoms with Crippen LogP contribution in [0.25, 0.3) is 16.8 Å². The number of nitrogens with one attached hydrogen (secondary N) is 2. The van der Waals surface area contributed by atoms with Crippen molar-refractivity contribution < 1.29 is 0 Å². The Labute approximate surface area is 102 Å². The zero-order chi connectivity index (χ0) is 11.4. The average Bonchev–Trinajstić information content (AvgIpc) is 2.31. The molecule has 0 fully saturated rings. The number of rotatable bonds is 0. The van der Waals surface area contributed by atoms with E-state index in [1.807, 2.05) is 0 Å². The van der Waals surface area contributed by atoms with Gasteiger partial charge in [0.1, 0.15) is 0 Å². The van der Waals surface area contributed by atoms with Crippen molar-refractivity contribution in [2.45, 2.75) is 13.8 Å². The molecule has 2 nitrogen and oxygen atoms in total. The minimum absolute atomic E-state index is 0. The second kappa shape index (κ2) is 5.78. The van der Waals surface area contributed by atoms with Crippen LogP contribution in [0.15, 0.2) is 42.5 Å². The second-order valence-corrected chi connectivity index (χ2v) is 3.59. The van der Waals surface area contributed by atoms with Crippen LogP contribution in [0.5, 0.6) is 0 Å². The van der Waals surface area contributed by atoms with Gasteiger partial charge in [0.25, 0.3) is 0 Å². The quantitative estimate of drug-likeness (QED) is 0.624. The van der Waals surface area contributed by atoms with Gasteiger partial charge in [-0.25, -0.2) is 10.8 Å². The molecule has 0 aromatic heterocycles. The monoisotopic (exact) mass is 224 g/mol. The summed E-state index contributed by atoms with van der Waals surface area (Å²) in [6, 6.07) is 14.3. The Balaban J connectivity index is 0.000000331. The van der Waals surface area contributed by atoms with Crippen molar-refractivity contribution in [1.29, 1.82) is 10.8 Å². The number of hydrogen-bond donors (Lipinski definition) is 2. The smallest absolute Gasteiger partial charge is 0.0831 e. The molecular formula is C15H16N2. The first-order valence-corrected chi connectivity index (χ1v) is 5.12. The van der Waals surface area contributed by atoms with Crippen LogP contribution in [0, 0.1) is 10.8 Å². The van der Waals surface area contributed by atoms with E-state index in [-0.39, 0.29) is 7.43 Å². The summed E-state index contributed by atoms with van der Waals surface area (Å²) in [5, 5.41) is 14.0. The summed E-state index contributed by atoms with van der Waals surface area (Å²) in [4.78, 5) is 0. The fourth-order valence-corrected chi connectivity index (χ4v) is 2.07. The van der Waals surface area contributed by atoms with E-state index in [0.717, 1.165) is 6.42 Å². The van der Waals surface area contributed by atoms with E-state index in [1.165, 1.54) is 27.9 Å². The predicted octanol–water partition coefficient (Wildman–Crippen LogP) is 4.36. The molecule has 2 aromatic carbocycles. The number of benzene rings is 2. The van der Waals surface area contributed by atoms with Crippen LogP contribution in [-0.4, -0.2) is 6.01 Å². The minimum atomic E-state index is 0. The number of hydrogen-bond acceptors (Lipinski definition) is 2. The fourth-order valence-electron chi connectivity index (χ4n) is 2.07. The van der Waals surface area contributed by atoms with Crippen LogP contribution >= 0.6 is 0 Å². The van der Waals surface area contributed by atoms with Gasteiger partial charge in [0.2, 0.25) is 0 Å². The molecule has 0 radical (unpaired) electrons. The average molecular weight is 224 g/mol. The van der Waals surface area contributed by atoms with Crippen molar-refractivity contribution in [3.63, 3.8) is 0 Å². The van der Waals surface area contributed by atoms with Crippen LogP contribution in [0.3, 0.4) is 0 Å². The molecule has 0 bridgehead atoms. The zero-order valence-electron chi connectivity index (χ0n) is 8.83. The third kappa shape index (κ3) is 2.49. The first-order valence-electron chi connectivity index (χ1n) is 5.12. The van der Waals surface area contributed by atoms with Gasteiger partial charge < -0.3 is 0 Å². The molecule has 1 aliphatic rings. The van der Waals surface area contributed by atoms with Gasteiger partial charge in [-0.2, -0.15) is 0 Å². The molecule has 0 aliphatic heterocycles.